The van der Waals surface area contributed by atoms with Crippen LogP contribution < -0.4 is 5.32 Å². The van der Waals surface area contributed by atoms with Crippen molar-refractivity contribution in [3.63, 3.8) is 0 Å². The van der Waals surface area contributed by atoms with Gasteiger partial charge in [-0.25, -0.2) is 8.42 Å². The fraction of sp³-hybridized carbons (Fsp3) is 0.588. The van der Waals surface area contributed by atoms with E-state index in [0.29, 0.717) is 4.90 Å². The fourth-order valence-corrected chi connectivity index (χ4v) is 4.61. The molecule has 117 valence electrons. The first-order chi connectivity index (χ1) is 10.2. The van der Waals surface area contributed by atoms with Gasteiger partial charge in [0.15, 0.2) is 9.84 Å². The molecule has 1 atom stereocenters. The average molecular weight is 308 g/mol. The molecule has 21 heavy (non-hydrogen) atoms. The van der Waals surface area contributed by atoms with Crippen molar-refractivity contribution in [2.45, 2.75) is 62.1 Å². The lowest BCUT2D eigenvalue weighted by Gasteiger charge is -2.24. The molecule has 1 heterocycles. The van der Waals surface area contributed by atoms with Gasteiger partial charge in [-0.2, -0.15) is 0 Å². The Kier molecular flexibility index (Phi) is 6.24. The number of aryl methyl sites for hydroxylation is 1. The number of hydrogen-bond acceptors (Lipinski definition) is 3. The zero-order valence-corrected chi connectivity index (χ0v) is 13.7. The van der Waals surface area contributed by atoms with Crippen molar-refractivity contribution in [2.75, 3.05) is 6.54 Å². The van der Waals surface area contributed by atoms with Crippen LogP contribution >= 0.6 is 0 Å². The Morgan fingerprint density at radius 1 is 1.19 bits per heavy atom. The molecule has 1 aliphatic heterocycles. The molecule has 0 spiro atoms. The van der Waals surface area contributed by atoms with Crippen molar-refractivity contribution in [3.05, 3.63) is 36.2 Å². The molecule has 1 unspecified atom stereocenters. The Bertz CT molecular complexity index is 533. The normalized spacial score (nSPS) is 19.6. The van der Waals surface area contributed by atoms with Crippen molar-refractivity contribution in [1.82, 2.24) is 5.32 Å². The summed E-state index contributed by atoms with van der Waals surface area (Å²) in [5, 5.41) is 2.59. The molecule has 1 aromatic rings. The summed E-state index contributed by atoms with van der Waals surface area (Å²) in [6.07, 6.45) is 9.27. The van der Waals surface area contributed by atoms with Crippen LogP contribution in [0, 0.1) is 6.42 Å². The minimum Gasteiger partial charge on any atom is -0.301 e. The molecule has 1 aliphatic rings. The third-order valence-corrected chi connectivity index (χ3v) is 6.06. The summed E-state index contributed by atoms with van der Waals surface area (Å²) in [4.78, 5) is 0.511. The SMILES string of the molecule is CCCCCCc1ccccc1S(=O)(=O)C1[CH]CCCN1. The second kappa shape index (κ2) is 7.95. The van der Waals surface area contributed by atoms with Gasteiger partial charge in [0.1, 0.15) is 5.37 Å². The van der Waals surface area contributed by atoms with Crippen LogP contribution in [-0.4, -0.2) is 20.3 Å². The highest BCUT2D eigenvalue weighted by molar-refractivity contribution is 7.92. The van der Waals surface area contributed by atoms with Crippen LogP contribution in [0.1, 0.15) is 51.0 Å². The molecule has 1 fully saturated rings. The Balaban J connectivity index is 2.14. The van der Waals surface area contributed by atoms with Gasteiger partial charge in [0, 0.05) is 0 Å². The summed E-state index contributed by atoms with van der Waals surface area (Å²) < 4.78 is 25.6. The van der Waals surface area contributed by atoms with Gasteiger partial charge in [0.2, 0.25) is 0 Å². The zero-order chi connectivity index (χ0) is 15.1. The summed E-state index contributed by atoms with van der Waals surface area (Å²) in [6.45, 7) is 2.96. The number of rotatable bonds is 7. The smallest absolute Gasteiger partial charge is 0.194 e. The van der Waals surface area contributed by atoms with E-state index in [1.165, 1.54) is 19.3 Å². The second-order valence-corrected chi connectivity index (χ2v) is 7.75. The Labute approximate surface area is 129 Å². The lowest BCUT2D eigenvalue weighted by atomic mass is 10.1. The highest BCUT2D eigenvalue weighted by Gasteiger charge is 2.30. The second-order valence-electron chi connectivity index (χ2n) is 5.72. The molecule has 1 aromatic carbocycles. The molecule has 1 saturated heterocycles. The van der Waals surface area contributed by atoms with Gasteiger partial charge >= 0.3 is 0 Å². The monoisotopic (exact) mass is 308 g/mol. The molecule has 0 saturated carbocycles. The van der Waals surface area contributed by atoms with Crippen LogP contribution in [0.15, 0.2) is 29.2 Å². The van der Waals surface area contributed by atoms with Gasteiger partial charge in [-0.1, -0.05) is 44.4 Å². The number of benzene rings is 1. The third kappa shape index (κ3) is 4.30. The molecule has 1 radical (unpaired) electrons. The van der Waals surface area contributed by atoms with Gasteiger partial charge in [-0.15, -0.1) is 0 Å². The molecule has 4 heteroatoms. The van der Waals surface area contributed by atoms with Gasteiger partial charge in [-0.3, -0.25) is 0 Å². The maximum absolute atomic E-state index is 12.8. The standard InChI is InChI=1S/C17H26NO2S/c1-2-3-4-5-10-15-11-6-7-12-16(15)21(19,20)17-13-8-9-14-18-17/h6-7,11-13,17-18H,2-5,8-10,14H2,1H3. The van der Waals surface area contributed by atoms with E-state index in [1.807, 2.05) is 24.6 Å². The highest BCUT2D eigenvalue weighted by atomic mass is 32.2. The Hall–Kier alpha value is -0.870. The quantitative estimate of drug-likeness (QED) is 0.784. The summed E-state index contributed by atoms with van der Waals surface area (Å²) >= 11 is 0. The van der Waals surface area contributed by atoms with Crippen molar-refractivity contribution < 1.29 is 8.42 Å². The molecule has 0 bridgehead atoms. The van der Waals surface area contributed by atoms with Crippen molar-refractivity contribution in [2.24, 2.45) is 0 Å². The lowest BCUT2D eigenvalue weighted by molar-refractivity contribution is 0.523. The molecule has 3 nitrogen and oxygen atoms in total. The molecule has 0 aliphatic carbocycles. The van der Waals surface area contributed by atoms with Crippen LogP contribution in [0.3, 0.4) is 0 Å². The van der Waals surface area contributed by atoms with E-state index in [0.717, 1.165) is 37.8 Å². The first-order valence-electron chi connectivity index (χ1n) is 8.04. The summed E-state index contributed by atoms with van der Waals surface area (Å²) in [7, 11) is -3.30. The predicted octanol–water partition coefficient (Wildman–Crippen LogP) is 3.50. The minimum atomic E-state index is -3.30. The highest BCUT2D eigenvalue weighted by Crippen LogP contribution is 2.24. The first kappa shape index (κ1) is 16.5. The Morgan fingerprint density at radius 3 is 2.71 bits per heavy atom. The van der Waals surface area contributed by atoms with Crippen molar-refractivity contribution in [3.8, 4) is 0 Å². The van der Waals surface area contributed by atoms with E-state index >= 15 is 0 Å². The number of sulfone groups is 1. The lowest BCUT2D eigenvalue weighted by Crippen LogP contribution is -2.41. The summed E-state index contributed by atoms with van der Waals surface area (Å²) in [5.74, 6) is 0. The zero-order valence-electron chi connectivity index (χ0n) is 12.8. The minimum absolute atomic E-state index is 0.511. The molecule has 1 N–H and O–H groups in total. The molecule has 0 aromatic heterocycles. The first-order valence-corrected chi connectivity index (χ1v) is 9.59. The van der Waals surface area contributed by atoms with Gasteiger partial charge in [-0.05, 0) is 50.3 Å². The molecular formula is C17H26NO2S. The van der Waals surface area contributed by atoms with Crippen LogP contribution in [0.5, 0.6) is 0 Å². The number of piperidine rings is 1. The maximum Gasteiger partial charge on any atom is 0.194 e. The van der Waals surface area contributed by atoms with E-state index in [-0.39, 0.29) is 0 Å². The average Bonchev–Trinajstić information content (AvgIpc) is 2.53. The number of unbranched alkanes of at least 4 members (excludes halogenated alkanes) is 3. The van der Waals surface area contributed by atoms with Gasteiger partial charge in [0.25, 0.3) is 0 Å². The topological polar surface area (TPSA) is 46.2 Å². The third-order valence-electron chi connectivity index (χ3n) is 4.02. The fourth-order valence-electron chi connectivity index (χ4n) is 2.80. The van der Waals surface area contributed by atoms with E-state index in [2.05, 4.69) is 12.2 Å². The maximum atomic E-state index is 12.8. The van der Waals surface area contributed by atoms with Crippen LogP contribution in [0.2, 0.25) is 0 Å². The van der Waals surface area contributed by atoms with Gasteiger partial charge < -0.3 is 5.32 Å². The van der Waals surface area contributed by atoms with E-state index in [9.17, 15) is 8.42 Å². The van der Waals surface area contributed by atoms with Crippen molar-refractivity contribution in [1.29, 1.82) is 0 Å². The molecule has 0 amide bonds. The molecule has 2 rings (SSSR count). The van der Waals surface area contributed by atoms with Crippen LogP contribution in [0.25, 0.3) is 0 Å². The summed E-state index contributed by atoms with van der Waals surface area (Å²) in [5.41, 5.74) is 0.967. The van der Waals surface area contributed by atoms with Crippen molar-refractivity contribution >= 4 is 9.84 Å². The van der Waals surface area contributed by atoms with Crippen LogP contribution in [-0.2, 0) is 16.3 Å². The van der Waals surface area contributed by atoms with E-state index < -0.39 is 15.2 Å². The largest absolute Gasteiger partial charge is 0.301 e. The molecular weight excluding hydrogens is 282 g/mol. The van der Waals surface area contributed by atoms with Crippen LogP contribution in [0.4, 0.5) is 0 Å². The Morgan fingerprint density at radius 2 is 2.00 bits per heavy atom. The van der Waals surface area contributed by atoms with E-state index in [4.69, 9.17) is 0 Å². The van der Waals surface area contributed by atoms with Gasteiger partial charge in [0.05, 0.1) is 4.90 Å². The predicted molar refractivity (Wildman–Crippen MR) is 86.8 cm³/mol. The number of hydrogen-bond donors (Lipinski definition) is 1. The summed E-state index contributed by atoms with van der Waals surface area (Å²) in [6, 6.07) is 7.48. The number of nitrogens with one attached hydrogen (secondary N) is 1. The van der Waals surface area contributed by atoms with E-state index in [1.54, 1.807) is 6.07 Å².